The van der Waals surface area contributed by atoms with Gasteiger partial charge in [0.15, 0.2) is 12.2 Å². The van der Waals surface area contributed by atoms with Gasteiger partial charge in [0.2, 0.25) is 6.29 Å². The molecule has 2 aliphatic heterocycles. The zero-order chi connectivity index (χ0) is 34.1. The minimum absolute atomic E-state index is 0.0558. The SMILES string of the molecule is CCC(C)C(=O)OC1OC[C@@]23[C@H]4C(=O)C[C@@]5(C)[C@H](c6ccoc6)C[C@H]6O[C@]65[C@]4(C)[C@H](O)C[C@H]2[C@@]1(C)[C@H](OC(C)=O)[C@H](OC(C)=O)[C@@H]3O. The van der Waals surface area contributed by atoms with Crippen LogP contribution in [0.25, 0.3) is 0 Å². The number of carbonyl (C=O) groups excluding carboxylic acids is 4. The Labute approximate surface area is 273 Å². The molecule has 6 fully saturated rings. The molecule has 4 saturated carbocycles. The molecule has 0 amide bonds. The highest BCUT2D eigenvalue weighted by Gasteiger charge is 2.90. The predicted molar refractivity (Wildman–Crippen MR) is 160 cm³/mol. The number of ether oxygens (including phenoxy) is 5. The monoisotopic (exact) mass is 658 g/mol. The number of hydrogen-bond donors (Lipinski definition) is 2. The summed E-state index contributed by atoms with van der Waals surface area (Å²) in [6, 6.07) is 1.91. The van der Waals surface area contributed by atoms with Gasteiger partial charge in [-0.3, -0.25) is 19.2 Å². The van der Waals surface area contributed by atoms with Crippen molar-refractivity contribution in [1.29, 1.82) is 0 Å². The molecule has 4 aliphatic carbocycles. The van der Waals surface area contributed by atoms with E-state index in [1.165, 1.54) is 13.8 Å². The molecule has 1 spiro atoms. The van der Waals surface area contributed by atoms with E-state index in [2.05, 4.69) is 6.92 Å². The van der Waals surface area contributed by atoms with Crippen LogP contribution in [-0.2, 0) is 42.9 Å². The molecule has 47 heavy (non-hydrogen) atoms. The fourth-order valence-corrected chi connectivity index (χ4v) is 11.6. The van der Waals surface area contributed by atoms with E-state index < -0.39 is 93.6 Å². The second-order valence-corrected chi connectivity index (χ2v) is 15.7. The van der Waals surface area contributed by atoms with E-state index in [0.717, 1.165) is 5.56 Å². The van der Waals surface area contributed by atoms with Crippen LogP contribution in [0.4, 0.5) is 0 Å². The van der Waals surface area contributed by atoms with Crippen molar-refractivity contribution < 1.29 is 57.5 Å². The highest BCUT2D eigenvalue weighted by molar-refractivity contribution is 5.87. The predicted octanol–water partition coefficient (Wildman–Crippen LogP) is 3.06. The van der Waals surface area contributed by atoms with Crippen LogP contribution >= 0.6 is 0 Å². The highest BCUT2D eigenvalue weighted by atomic mass is 16.7. The van der Waals surface area contributed by atoms with Crippen LogP contribution in [0.3, 0.4) is 0 Å². The van der Waals surface area contributed by atoms with E-state index >= 15 is 0 Å². The first kappa shape index (κ1) is 32.7. The molecule has 12 heteroatoms. The Morgan fingerprint density at radius 2 is 1.77 bits per heavy atom. The van der Waals surface area contributed by atoms with Crippen molar-refractivity contribution in [2.75, 3.05) is 6.61 Å². The standard InChI is InChI=1S/C35H46O12/c1-8-16(2)29(41)46-30-32(6)22-12-23(39)33(7)26(34(22,15-43-30)27(40)25(44-17(3)36)28(32)45-18(4)37)21(38)13-31(5)20(19-9-10-42-14-19)11-24-35(31,33)47-24/h9-10,14,16,20,22-28,30,39-40H,8,11-13,15H2,1-7H3/t16?,20-,22-,23+,24+,25+,26-,27-,28+,30?,31-,32-,33+,34-,35+/m0/s1. The molecule has 2 saturated heterocycles. The Hall–Kier alpha value is -2.80. The number of rotatable bonds is 6. The lowest BCUT2D eigenvalue weighted by atomic mass is 9.33. The third-order valence-corrected chi connectivity index (χ3v) is 13.7. The van der Waals surface area contributed by atoms with Crippen molar-refractivity contribution in [3.63, 3.8) is 0 Å². The van der Waals surface area contributed by atoms with Gasteiger partial charge in [0.1, 0.15) is 17.5 Å². The summed E-state index contributed by atoms with van der Waals surface area (Å²) < 4.78 is 36.1. The van der Waals surface area contributed by atoms with Crippen LogP contribution in [-0.4, -0.2) is 82.9 Å². The number of Topliss-reactive ketones (excluding diaryl/α,β-unsaturated/α-hetero) is 1. The van der Waals surface area contributed by atoms with Crippen LogP contribution in [0.2, 0.25) is 0 Å². The summed E-state index contributed by atoms with van der Waals surface area (Å²) in [5, 5.41) is 25.0. The Morgan fingerprint density at radius 3 is 2.38 bits per heavy atom. The van der Waals surface area contributed by atoms with E-state index in [1.54, 1.807) is 26.4 Å². The molecule has 3 heterocycles. The maximum atomic E-state index is 14.9. The molecule has 12 nitrogen and oxygen atoms in total. The Morgan fingerprint density at radius 1 is 1.06 bits per heavy atom. The molecule has 0 aromatic carbocycles. The molecule has 7 rings (SSSR count). The van der Waals surface area contributed by atoms with Crippen LogP contribution < -0.4 is 0 Å². The summed E-state index contributed by atoms with van der Waals surface area (Å²) in [6.07, 6.45) is -2.27. The third-order valence-electron chi connectivity index (χ3n) is 13.7. The van der Waals surface area contributed by atoms with Crippen LogP contribution in [0.1, 0.15) is 85.6 Å². The van der Waals surface area contributed by atoms with Gasteiger partial charge >= 0.3 is 17.9 Å². The molecule has 2 bridgehead atoms. The molecule has 2 N–H and O–H groups in total. The topological polar surface area (TPSA) is 171 Å². The molecule has 0 radical (unpaired) electrons. The Kier molecular flexibility index (Phi) is 7.21. The van der Waals surface area contributed by atoms with Crippen molar-refractivity contribution in [2.24, 2.45) is 39.4 Å². The average Bonchev–Trinajstić information content (AvgIpc) is 3.37. The maximum absolute atomic E-state index is 14.9. The smallest absolute Gasteiger partial charge is 0.310 e. The fraction of sp³-hybridized carbons (Fsp3) is 0.771. The third kappa shape index (κ3) is 3.84. The largest absolute Gasteiger partial charge is 0.472 e. The minimum Gasteiger partial charge on any atom is -0.472 e. The van der Waals surface area contributed by atoms with Gasteiger partial charge < -0.3 is 38.3 Å². The van der Waals surface area contributed by atoms with E-state index in [0.29, 0.717) is 12.8 Å². The van der Waals surface area contributed by atoms with Crippen molar-refractivity contribution >= 4 is 23.7 Å². The number of aliphatic hydroxyl groups excluding tert-OH is 2. The van der Waals surface area contributed by atoms with E-state index in [1.807, 2.05) is 19.9 Å². The molecule has 6 aliphatic rings. The first-order valence-electron chi connectivity index (χ1n) is 16.8. The summed E-state index contributed by atoms with van der Waals surface area (Å²) in [7, 11) is 0. The number of epoxide rings is 1. The Bertz CT molecular complexity index is 1490. The lowest BCUT2D eigenvalue weighted by Crippen LogP contribution is -2.83. The van der Waals surface area contributed by atoms with E-state index in [-0.39, 0.29) is 37.3 Å². The molecule has 2 unspecified atom stereocenters. The van der Waals surface area contributed by atoms with Crippen molar-refractivity contribution in [3.05, 3.63) is 24.2 Å². The highest BCUT2D eigenvalue weighted by Crippen LogP contribution is 2.82. The van der Waals surface area contributed by atoms with Gasteiger partial charge in [-0.15, -0.1) is 0 Å². The fourth-order valence-electron chi connectivity index (χ4n) is 11.6. The summed E-state index contributed by atoms with van der Waals surface area (Å²) in [5.74, 6) is -4.40. The zero-order valence-electron chi connectivity index (χ0n) is 28.0. The number of esters is 3. The molecular weight excluding hydrogens is 612 g/mol. The summed E-state index contributed by atoms with van der Waals surface area (Å²) >= 11 is 0. The summed E-state index contributed by atoms with van der Waals surface area (Å²) in [5.41, 5.74) is -4.66. The van der Waals surface area contributed by atoms with Crippen molar-refractivity contribution in [3.8, 4) is 0 Å². The van der Waals surface area contributed by atoms with Gasteiger partial charge in [-0.2, -0.15) is 0 Å². The zero-order valence-corrected chi connectivity index (χ0v) is 28.0. The lowest BCUT2D eigenvalue weighted by Gasteiger charge is -2.73. The maximum Gasteiger partial charge on any atom is 0.310 e. The first-order chi connectivity index (χ1) is 22.0. The first-order valence-corrected chi connectivity index (χ1v) is 16.8. The number of furan rings is 1. The number of carbonyl (C=O) groups is 4. The van der Waals surface area contributed by atoms with E-state index in [4.69, 9.17) is 28.1 Å². The Balaban J connectivity index is 1.40. The molecule has 258 valence electrons. The minimum atomic E-state index is -1.54. The average molecular weight is 659 g/mol. The summed E-state index contributed by atoms with van der Waals surface area (Å²) in [6.45, 7) is 11.4. The van der Waals surface area contributed by atoms with Crippen molar-refractivity contribution in [1.82, 2.24) is 0 Å². The summed E-state index contributed by atoms with van der Waals surface area (Å²) in [4.78, 5) is 53.4. The van der Waals surface area contributed by atoms with Gasteiger partial charge in [0, 0.05) is 42.4 Å². The van der Waals surface area contributed by atoms with Gasteiger partial charge in [-0.05, 0) is 49.7 Å². The quantitative estimate of drug-likeness (QED) is 0.260. The van der Waals surface area contributed by atoms with Crippen LogP contribution in [0.15, 0.2) is 23.0 Å². The molecule has 1 aromatic rings. The number of fused-ring (bicyclic) bond motifs is 1. The van der Waals surface area contributed by atoms with Crippen molar-refractivity contribution in [2.45, 2.75) is 122 Å². The molecule has 15 atom stereocenters. The number of hydrogen-bond acceptors (Lipinski definition) is 12. The number of ketones is 1. The van der Waals surface area contributed by atoms with E-state index in [9.17, 15) is 29.4 Å². The molecular formula is C35H46O12. The second-order valence-electron chi connectivity index (χ2n) is 15.7. The molecule has 1 aromatic heterocycles. The van der Waals surface area contributed by atoms with Gasteiger partial charge in [0.25, 0.3) is 0 Å². The van der Waals surface area contributed by atoms with Gasteiger partial charge in [-0.1, -0.05) is 27.7 Å². The van der Waals surface area contributed by atoms with Crippen LogP contribution in [0.5, 0.6) is 0 Å². The van der Waals surface area contributed by atoms with Gasteiger partial charge in [0.05, 0.1) is 42.7 Å². The normalized spacial score (nSPS) is 49.8. The number of aliphatic hydroxyl groups is 2. The second kappa shape index (κ2) is 10.4. The van der Waals surface area contributed by atoms with Crippen LogP contribution in [0, 0.1) is 39.4 Å². The van der Waals surface area contributed by atoms with Gasteiger partial charge in [-0.25, -0.2) is 0 Å². The lowest BCUT2D eigenvalue weighted by molar-refractivity contribution is -0.389.